The standard InChI is InChI=1S/C11H13N3O4/c1-6(13-11(12)18)9(15)14-8-4-2-7(3-5-8)10(16)17/h2-6H,1H3,(H,14,15)(H,16,17)(H3,12,13,18). The Morgan fingerprint density at radius 2 is 1.78 bits per heavy atom. The van der Waals surface area contributed by atoms with Crippen molar-refractivity contribution >= 4 is 23.6 Å². The van der Waals surface area contributed by atoms with E-state index in [0.717, 1.165) is 0 Å². The number of hydrogen-bond donors (Lipinski definition) is 4. The molecule has 1 rings (SSSR count). The predicted octanol–water partition coefficient (Wildman–Crippen LogP) is 0.380. The van der Waals surface area contributed by atoms with Gasteiger partial charge >= 0.3 is 12.0 Å². The van der Waals surface area contributed by atoms with Gasteiger partial charge in [-0.05, 0) is 31.2 Å². The van der Waals surface area contributed by atoms with E-state index >= 15 is 0 Å². The Hall–Kier alpha value is -2.57. The van der Waals surface area contributed by atoms with Crippen LogP contribution in [0, 0.1) is 0 Å². The summed E-state index contributed by atoms with van der Waals surface area (Å²) >= 11 is 0. The number of carboxylic acids is 1. The van der Waals surface area contributed by atoms with E-state index in [2.05, 4.69) is 10.6 Å². The maximum atomic E-state index is 11.6. The Kier molecular flexibility index (Phi) is 4.25. The minimum absolute atomic E-state index is 0.122. The zero-order valence-corrected chi connectivity index (χ0v) is 9.64. The molecule has 0 aliphatic rings. The van der Waals surface area contributed by atoms with Gasteiger partial charge in [-0.3, -0.25) is 4.79 Å². The van der Waals surface area contributed by atoms with Gasteiger partial charge in [0.25, 0.3) is 0 Å². The number of anilines is 1. The SMILES string of the molecule is CC(NC(N)=O)C(=O)Nc1ccc(C(=O)O)cc1. The molecule has 96 valence electrons. The Morgan fingerprint density at radius 1 is 1.22 bits per heavy atom. The number of nitrogens with one attached hydrogen (secondary N) is 2. The molecule has 7 heteroatoms. The van der Waals surface area contributed by atoms with E-state index in [-0.39, 0.29) is 5.56 Å². The fourth-order valence-electron chi connectivity index (χ4n) is 1.23. The maximum absolute atomic E-state index is 11.6. The van der Waals surface area contributed by atoms with Gasteiger partial charge in [0.1, 0.15) is 6.04 Å². The van der Waals surface area contributed by atoms with Gasteiger partial charge in [-0.1, -0.05) is 0 Å². The first-order chi connectivity index (χ1) is 8.40. The number of carbonyl (C=O) groups excluding carboxylic acids is 2. The first-order valence-corrected chi connectivity index (χ1v) is 5.10. The highest BCUT2D eigenvalue weighted by Crippen LogP contribution is 2.09. The van der Waals surface area contributed by atoms with Crippen molar-refractivity contribution in [2.24, 2.45) is 5.73 Å². The molecule has 0 spiro atoms. The lowest BCUT2D eigenvalue weighted by Crippen LogP contribution is -2.44. The van der Waals surface area contributed by atoms with Crippen LogP contribution in [0.4, 0.5) is 10.5 Å². The minimum Gasteiger partial charge on any atom is -0.478 e. The quantitative estimate of drug-likeness (QED) is 0.617. The Balaban J connectivity index is 2.64. The number of urea groups is 1. The largest absolute Gasteiger partial charge is 0.478 e. The second-order valence-electron chi connectivity index (χ2n) is 3.60. The van der Waals surface area contributed by atoms with E-state index in [1.165, 1.54) is 31.2 Å². The van der Waals surface area contributed by atoms with Gasteiger partial charge in [0.05, 0.1) is 5.56 Å². The third kappa shape index (κ3) is 3.78. The van der Waals surface area contributed by atoms with Gasteiger partial charge in [0, 0.05) is 5.69 Å². The molecule has 0 saturated heterocycles. The van der Waals surface area contributed by atoms with Crippen molar-refractivity contribution in [2.45, 2.75) is 13.0 Å². The molecule has 1 unspecified atom stereocenters. The fourth-order valence-corrected chi connectivity index (χ4v) is 1.23. The number of rotatable bonds is 4. The molecule has 5 N–H and O–H groups in total. The molecule has 0 bridgehead atoms. The number of primary amides is 1. The maximum Gasteiger partial charge on any atom is 0.335 e. The predicted molar refractivity (Wildman–Crippen MR) is 64.2 cm³/mol. The van der Waals surface area contributed by atoms with Gasteiger partial charge in [-0.2, -0.15) is 0 Å². The summed E-state index contributed by atoms with van der Waals surface area (Å²) in [4.78, 5) is 32.7. The first-order valence-electron chi connectivity index (χ1n) is 5.10. The van der Waals surface area contributed by atoms with E-state index in [0.29, 0.717) is 5.69 Å². The van der Waals surface area contributed by atoms with Gasteiger partial charge in [-0.15, -0.1) is 0 Å². The van der Waals surface area contributed by atoms with E-state index < -0.39 is 23.9 Å². The summed E-state index contributed by atoms with van der Waals surface area (Å²) in [5.74, 6) is -1.49. The highest BCUT2D eigenvalue weighted by Gasteiger charge is 2.14. The molecule has 0 fully saturated rings. The molecule has 0 aliphatic carbocycles. The van der Waals surface area contributed by atoms with Crippen molar-refractivity contribution in [1.82, 2.24) is 5.32 Å². The monoisotopic (exact) mass is 251 g/mol. The summed E-state index contributed by atoms with van der Waals surface area (Å²) in [6, 6.07) is 4.07. The molecule has 1 aromatic carbocycles. The molecule has 1 atom stereocenters. The van der Waals surface area contributed by atoms with E-state index in [1.807, 2.05) is 0 Å². The molecular formula is C11H13N3O4. The highest BCUT2D eigenvalue weighted by atomic mass is 16.4. The molecule has 3 amide bonds. The normalized spacial score (nSPS) is 11.4. The Morgan fingerprint density at radius 3 is 2.22 bits per heavy atom. The van der Waals surface area contributed by atoms with Crippen molar-refractivity contribution in [3.8, 4) is 0 Å². The minimum atomic E-state index is -1.04. The number of carbonyl (C=O) groups is 3. The number of aromatic carboxylic acids is 1. The van der Waals surface area contributed by atoms with Crippen molar-refractivity contribution < 1.29 is 19.5 Å². The highest BCUT2D eigenvalue weighted by molar-refractivity contribution is 5.97. The molecule has 0 aromatic heterocycles. The first kappa shape index (κ1) is 13.5. The number of amides is 3. The van der Waals surface area contributed by atoms with Crippen LogP contribution in [0.5, 0.6) is 0 Å². The zero-order valence-electron chi connectivity index (χ0n) is 9.64. The van der Waals surface area contributed by atoms with Crippen LogP contribution >= 0.6 is 0 Å². The molecule has 0 aliphatic heterocycles. The van der Waals surface area contributed by atoms with Crippen LogP contribution in [0.1, 0.15) is 17.3 Å². The van der Waals surface area contributed by atoms with E-state index in [9.17, 15) is 14.4 Å². The summed E-state index contributed by atoms with van der Waals surface area (Å²) in [5.41, 5.74) is 5.44. The summed E-state index contributed by atoms with van der Waals surface area (Å²) in [7, 11) is 0. The fraction of sp³-hybridized carbons (Fsp3) is 0.182. The summed E-state index contributed by atoms with van der Waals surface area (Å²) in [6.45, 7) is 1.48. The van der Waals surface area contributed by atoms with Crippen LogP contribution in [0.2, 0.25) is 0 Å². The second kappa shape index (κ2) is 5.67. The van der Waals surface area contributed by atoms with Crippen LogP contribution in [0.25, 0.3) is 0 Å². The molecule has 0 heterocycles. The lowest BCUT2D eigenvalue weighted by molar-refractivity contribution is -0.117. The average Bonchev–Trinajstić information content (AvgIpc) is 2.28. The third-order valence-electron chi connectivity index (χ3n) is 2.15. The van der Waals surface area contributed by atoms with Crippen molar-refractivity contribution in [3.63, 3.8) is 0 Å². The summed E-state index contributed by atoms with van der Waals surface area (Å²) < 4.78 is 0. The summed E-state index contributed by atoms with van der Waals surface area (Å²) in [5, 5.41) is 13.4. The third-order valence-corrected chi connectivity index (χ3v) is 2.15. The van der Waals surface area contributed by atoms with Crippen molar-refractivity contribution in [3.05, 3.63) is 29.8 Å². The lowest BCUT2D eigenvalue weighted by atomic mass is 10.2. The van der Waals surface area contributed by atoms with Gasteiger partial charge < -0.3 is 21.5 Å². The van der Waals surface area contributed by atoms with Crippen LogP contribution in [0.3, 0.4) is 0 Å². The molecule has 0 radical (unpaired) electrons. The molecular weight excluding hydrogens is 238 g/mol. The topological polar surface area (TPSA) is 122 Å². The number of benzene rings is 1. The van der Waals surface area contributed by atoms with Gasteiger partial charge in [-0.25, -0.2) is 9.59 Å². The van der Waals surface area contributed by atoms with Crippen molar-refractivity contribution in [1.29, 1.82) is 0 Å². The zero-order chi connectivity index (χ0) is 13.7. The van der Waals surface area contributed by atoms with Crippen LogP contribution in [0.15, 0.2) is 24.3 Å². The van der Waals surface area contributed by atoms with Crippen LogP contribution in [-0.2, 0) is 4.79 Å². The van der Waals surface area contributed by atoms with Gasteiger partial charge in [0.15, 0.2) is 0 Å². The average molecular weight is 251 g/mol. The van der Waals surface area contributed by atoms with Crippen LogP contribution in [-0.4, -0.2) is 29.1 Å². The summed E-state index contributed by atoms with van der Waals surface area (Å²) in [6.07, 6.45) is 0. The Labute approximate surface area is 103 Å². The molecule has 0 saturated carbocycles. The molecule has 7 nitrogen and oxygen atoms in total. The van der Waals surface area contributed by atoms with Crippen molar-refractivity contribution in [2.75, 3.05) is 5.32 Å². The van der Waals surface area contributed by atoms with Crippen LogP contribution < -0.4 is 16.4 Å². The molecule has 18 heavy (non-hydrogen) atoms. The van der Waals surface area contributed by atoms with E-state index in [1.54, 1.807) is 0 Å². The lowest BCUT2D eigenvalue weighted by Gasteiger charge is -2.12. The Bertz CT molecular complexity index is 470. The number of carboxylic acid groups (broad SMARTS) is 1. The second-order valence-corrected chi connectivity index (χ2v) is 3.60. The number of hydrogen-bond acceptors (Lipinski definition) is 3. The number of nitrogens with two attached hydrogens (primary N) is 1. The van der Waals surface area contributed by atoms with E-state index in [4.69, 9.17) is 10.8 Å². The molecule has 1 aromatic rings. The van der Waals surface area contributed by atoms with Gasteiger partial charge in [0.2, 0.25) is 5.91 Å². The smallest absolute Gasteiger partial charge is 0.335 e.